The number of anilines is 1. The molecule has 100 valence electrons. The molecular formula is C15H20N4. The number of nitrogen functional groups attached to an aromatic ring is 1. The Morgan fingerprint density at radius 2 is 1.68 bits per heavy atom. The van der Waals surface area contributed by atoms with E-state index in [1.807, 2.05) is 12.1 Å². The van der Waals surface area contributed by atoms with Crippen LogP contribution in [0, 0.1) is 10.8 Å². The minimum absolute atomic E-state index is 0.258. The number of H-pyrrole nitrogens is 1. The molecule has 1 aliphatic carbocycles. The van der Waals surface area contributed by atoms with Gasteiger partial charge in [-0.15, -0.1) is 0 Å². The summed E-state index contributed by atoms with van der Waals surface area (Å²) in [6.07, 6.45) is 3.57. The lowest BCUT2D eigenvalue weighted by Gasteiger charge is -2.05. The highest BCUT2D eigenvalue weighted by molar-refractivity contribution is 5.77. The molecule has 3 rings (SSSR count). The molecule has 0 unspecified atom stereocenters. The fraction of sp³-hybridized carbons (Fsp3) is 0.467. The zero-order valence-electron chi connectivity index (χ0n) is 11.9. The monoisotopic (exact) mass is 256 g/mol. The van der Waals surface area contributed by atoms with Gasteiger partial charge in [0.15, 0.2) is 5.82 Å². The molecule has 4 nitrogen and oxygen atoms in total. The Balaban J connectivity index is 2.12. The number of aromatic nitrogens is 3. The van der Waals surface area contributed by atoms with Gasteiger partial charge in [0.05, 0.1) is 0 Å². The Morgan fingerprint density at radius 3 is 2.21 bits per heavy atom. The number of hydrogen-bond donors (Lipinski definition) is 2. The summed E-state index contributed by atoms with van der Waals surface area (Å²) in [7, 11) is 0. The second-order valence-corrected chi connectivity index (χ2v) is 6.51. The van der Waals surface area contributed by atoms with Crippen LogP contribution in [0.15, 0.2) is 24.5 Å². The highest BCUT2D eigenvalue weighted by Crippen LogP contribution is 2.74. The van der Waals surface area contributed by atoms with Crippen LogP contribution >= 0.6 is 0 Å². The summed E-state index contributed by atoms with van der Waals surface area (Å²) in [6, 6.07) is 3.96. The van der Waals surface area contributed by atoms with E-state index in [2.05, 4.69) is 42.9 Å². The number of aromatic amines is 1. The highest BCUT2D eigenvalue weighted by atomic mass is 15.2. The largest absolute Gasteiger partial charge is 0.382 e. The van der Waals surface area contributed by atoms with Gasteiger partial charge in [0.2, 0.25) is 0 Å². The Bertz CT molecular complexity index is 596. The van der Waals surface area contributed by atoms with E-state index in [4.69, 9.17) is 5.73 Å². The van der Waals surface area contributed by atoms with Crippen molar-refractivity contribution in [3.63, 3.8) is 0 Å². The van der Waals surface area contributed by atoms with Gasteiger partial charge < -0.3 is 5.73 Å². The molecule has 2 aromatic heterocycles. The van der Waals surface area contributed by atoms with Gasteiger partial charge >= 0.3 is 0 Å². The molecule has 0 aliphatic heterocycles. The van der Waals surface area contributed by atoms with Crippen molar-refractivity contribution in [3.05, 3.63) is 30.2 Å². The molecule has 0 bridgehead atoms. The summed E-state index contributed by atoms with van der Waals surface area (Å²) in [6.45, 7) is 9.19. The maximum Gasteiger partial charge on any atom is 0.153 e. The zero-order valence-corrected chi connectivity index (χ0v) is 11.9. The Hall–Kier alpha value is -1.84. The first-order chi connectivity index (χ1) is 8.87. The van der Waals surface area contributed by atoms with Crippen molar-refractivity contribution in [2.75, 3.05) is 5.73 Å². The molecule has 1 saturated carbocycles. The van der Waals surface area contributed by atoms with Crippen LogP contribution in [0.3, 0.4) is 0 Å². The van der Waals surface area contributed by atoms with E-state index in [9.17, 15) is 0 Å². The number of pyridine rings is 1. The number of nitrogens with one attached hydrogen (secondary N) is 1. The van der Waals surface area contributed by atoms with E-state index in [0.29, 0.717) is 11.7 Å². The fourth-order valence-electron chi connectivity index (χ4n) is 3.32. The van der Waals surface area contributed by atoms with Crippen LogP contribution in [-0.2, 0) is 0 Å². The van der Waals surface area contributed by atoms with Crippen LogP contribution in [0.25, 0.3) is 11.1 Å². The predicted octanol–water partition coefficient (Wildman–Crippen LogP) is 3.20. The predicted molar refractivity (Wildman–Crippen MR) is 76.5 cm³/mol. The second kappa shape index (κ2) is 3.59. The van der Waals surface area contributed by atoms with E-state index in [1.165, 1.54) is 0 Å². The van der Waals surface area contributed by atoms with Crippen molar-refractivity contribution in [2.24, 2.45) is 10.8 Å². The van der Waals surface area contributed by atoms with Crippen LogP contribution in [0.1, 0.15) is 39.3 Å². The second-order valence-electron chi connectivity index (χ2n) is 6.51. The molecule has 0 aromatic carbocycles. The molecule has 3 N–H and O–H groups in total. The van der Waals surface area contributed by atoms with Gasteiger partial charge in [0.1, 0.15) is 0 Å². The molecule has 0 radical (unpaired) electrons. The van der Waals surface area contributed by atoms with E-state index >= 15 is 0 Å². The van der Waals surface area contributed by atoms with Gasteiger partial charge in [-0.2, -0.15) is 5.10 Å². The van der Waals surface area contributed by atoms with Crippen molar-refractivity contribution < 1.29 is 0 Å². The van der Waals surface area contributed by atoms with Crippen LogP contribution in [-0.4, -0.2) is 15.2 Å². The van der Waals surface area contributed by atoms with Gasteiger partial charge in [0, 0.05) is 29.6 Å². The quantitative estimate of drug-likeness (QED) is 0.867. The number of nitrogens with zero attached hydrogens (tertiary/aromatic N) is 2. The van der Waals surface area contributed by atoms with Crippen LogP contribution in [0.2, 0.25) is 0 Å². The summed E-state index contributed by atoms with van der Waals surface area (Å²) in [4.78, 5) is 4.06. The smallest absolute Gasteiger partial charge is 0.153 e. The highest BCUT2D eigenvalue weighted by Gasteiger charge is 2.66. The Morgan fingerprint density at radius 1 is 1.11 bits per heavy atom. The first-order valence-electron chi connectivity index (χ1n) is 6.61. The molecule has 4 heteroatoms. The average Bonchev–Trinajstić information content (AvgIpc) is 2.64. The van der Waals surface area contributed by atoms with Crippen LogP contribution < -0.4 is 5.73 Å². The van der Waals surface area contributed by atoms with Crippen molar-refractivity contribution in [3.8, 4) is 11.1 Å². The molecule has 0 atom stereocenters. The molecule has 2 aromatic rings. The molecular weight excluding hydrogens is 236 g/mol. The van der Waals surface area contributed by atoms with Crippen molar-refractivity contribution in [1.82, 2.24) is 15.2 Å². The SMILES string of the molecule is CC1(C)C(c2[nH]nc(N)c2-c2ccncc2)C1(C)C. The minimum atomic E-state index is 0.258. The van der Waals surface area contributed by atoms with E-state index in [1.54, 1.807) is 12.4 Å². The molecule has 1 aliphatic rings. The Kier molecular flexibility index (Phi) is 2.31. The third-order valence-electron chi connectivity index (χ3n) is 5.10. The van der Waals surface area contributed by atoms with Crippen molar-refractivity contribution in [2.45, 2.75) is 33.6 Å². The average molecular weight is 256 g/mol. The molecule has 0 spiro atoms. The third-order valence-corrected chi connectivity index (χ3v) is 5.10. The van der Waals surface area contributed by atoms with Gasteiger partial charge in [0.25, 0.3) is 0 Å². The summed E-state index contributed by atoms with van der Waals surface area (Å²) in [5.41, 5.74) is 9.83. The lowest BCUT2D eigenvalue weighted by Crippen LogP contribution is -1.95. The summed E-state index contributed by atoms with van der Waals surface area (Å²) in [5, 5.41) is 7.37. The van der Waals surface area contributed by atoms with Crippen molar-refractivity contribution >= 4 is 5.82 Å². The first kappa shape index (κ1) is 12.2. The summed E-state index contributed by atoms with van der Waals surface area (Å²) >= 11 is 0. The van der Waals surface area contributed by atoms with Gasteiger partial charge in [-0.1, -0.05) is 27.7 Å². The third kappa shape index (κ3) is 1.52. The zero-order chi connectivity index (χ0) is 13.8. The lowest BCUT2D eigenvalue weighted by molar-refractivity contribution is 0.457. The van der Waals surface area contributed by atoms with Gasteiger partial charge in [-0.25, -0.2) is 0 Å². The topological polar surface area (TPSA) is 67.6 Å². The van der Waals surface area contributed by atoms with Gasteiger partial charge in [-0.3, -0.25) is 10.1 Å². The Labute approximate surface area is 113 Å². The molecule has 1 fully saturated rings. The fourth-order valence-corrected chi connectivity index (χ4v) is 3.32. The molecule has 19 heavy (non-hydrogen) atoms. The standard InChI is InChI=1S/C15H20N4/c1-14(2)12(15(14,3)4)11-10(13(16)19-18-11)9-5-7-17-8-6-9/h5-8,12H,1-4H3,(H3,16,18,19). The maximum absolute atomic E-state index is 6.05. The first-order valence-corrected chi connectivity index (χ1v) is 6.61. The number of nitrogens with two attached hydrogens (primary N) is 1. The van der Waals surface area contributed by atoms with E-state index < -0.39 is 0 Å². The van der Waals surface area contributed by atoms with Crippen LogP contribution in [0.5, 0.6) is 0 Å². The lowest BCUT2D eigenvalue weighted by atomic mass is 10.0. The van der Waals surface area contributed by atoms with Crippen LogP contribution in [0.4, 0.5) is 5.82 Å². The summed E-state index contributed by atoms with van der Waals surface area (Å²) in [5.74, 6) is 1.02. The maximum atomic E-state index is 6.05. The van der Waals surface area contributed by atoms with Gasteiger partial charge in [-0.05, 0) is 28.5 Å². The van der Waals surface area contributed by atoms with E-state index in [-0.39, 0.29) is 10.8 Å². The minimum Gasteiger partial charge on any atom is -0.382 e. The number of hydrogen-bond acceptors (Lipinski definition) is 3. The summed E-state index contributed by atoms with van der Waals surface area (Å²) < 4.78 is 0. The molecule has 0 saturated heterocycles. The van der Waals surface area contributed by atoms with E-state index in [0.717, 1.165) is 16.8 Å². The number of rotatable bonds is 2. The normalized spacial score (nSPS) is 20.4. The molecule has 2 heterocycles. The van der Waals surface area contributed by atoms with Crippen molar-refractivity contribution in [1.29, 1.82) is 0 Å². The molecule has 0 amide bonds.